The first-order valence-electron chi connectivity index (χ1n) is 5.40. The van der Waals surface area contributed by atoms with Gasteiger partial charge in [-0.3, -0.25) is 9.78 Å². The fraction of sp³-hybridized carbons (Fsp3) is 0.545. The molecule has 2 bridgehead atoms. The van der Waals surface area contributed by atoms with Gasteiger partial charge in [0.05, 0.1) is 6.20 Å². The number of carbonyl (C=O) groups is 1. The average molecular weight is 203 g/mol. The second-order valence-electron chi connectivity index (χ2n) is 4.30. The van der Waals surface area contributed by atoms with Crippen molar-refractivity contribution in [3.63, 3.8) is 0 Å². The van der Waals surface area contributed by atoms with Crippen molar-refractivity contribution in [3.05, 3.63) is 18.6 Å². The molecule has 2 unspecified atom stereocenters. The first-order chi connectivity index (χ1) is 7.34. The number of hydrogen-bond donors (Lipinski definition) is 0. The minimum atomic E-state index is 0.368. The topological polar surface area (TPSA) is 46.1 Å². The number of ketones is 1. The quantitative estimate of drug-likeness (QED) is 0.687. The lowest BCUT2D eigenvalue weighted by Gasteiger charge is -2.34. The van der Waals surface area contributed by atoms with E-state index in [1.54, 1.807) is 18.6 Å². The highest BCUT2D eigenvalue weighted by molar-refractivity contribution is 5.82. The van der Waals surface area contributed by atoms with E-state index in [4.69, 9.17) is 0 Å². The second-order valence-corrected chi connectivity index (χ2v) is 4.30. The van der Waals surface area contributed by atoms with Crippen LogP contribution >= 0.6 is 0 Å². The van der Waals surface area contributed by atoms with Crippen molar-refractivity contribution in [3.8, 4) is 0 Å². The van der Waals surface area contributed by atoms with E-state index >= 15 is 0 Å². The predicted octanol–water partition coefficient (Wildman–Crippen LogP) is 1.18. The zero-order chi connectivity index (χ0) is 10.3. The maximum atomic E-state index is 11.4. The van der Waals surface area contributed by atoms with Crippen LogP contribution in [0.1, 0.15) is 25.7 Å². The summed E-state index contributed by atoms with van der Waals surface area (Å²) in [5, 5.41) is 0. The second kappa shape index (κ2) is 3.29. The highest BCUT2D eigenvalue weighted by Gasteiger charge is 2.40. The minimum Gasteiger partial charge on any atom is -0.348 e. The van der Waals surface area contributed by atoms with Crippen molar-refractivity contribution in [1.82, 2.24) is 9.97 Å². The van der Waals surface area contributed by atoms with Gasteiger partial charge in [0.15, 0.2) is 0 Å². The van der Waals surface area contributed by atoms with Gasteiger partial charge in [-0.05, 0) is 12.8 Å². The van der Waals surface area contributed by atoms with Crippen LogP contribution in [-0.4, -0.2) is 27.8 Å². The number of Topliss-reactive ketones (excluding diaryl/α,β-unsaturated/α-hetero) is 1. The van der Waals surface area contributed by atoms with Crippen molar-refractivity contribution in [2.45, 2.75) is 37.8 Å². The third-order valence-electron chi connectivity index (χ3n) is 3.36. The van der Waals surface area contributed by atoms with Crippen molar-refractivity contribution in [2.75, 3.05) is 4.90 Å². The SMILES string of the molecule is O=C1CC2CCC(C1)N2c1cnccn1. The van der Waals surface area contributed by atoms with Gasteiger partial charge < -0.3 is 4.90 Å². The van der Waals surface area contributed by atoms with Crippen LogP contribution in [0.2, 0.25) is 0 Å². The smallest absolute Gasteiger partial charge is 0.147 e. The molecule has 0 aliphatic carbocycles. The Morgan fingerprint density at radius 3 is 2.53 bits per heavy atom. The molecular formula is C11H13N3O. The number of carbonyl (C=O) groups excluding carboxylic acids is 1. The highest BCUT2D eigenvalue weighted by Crippen LogP contribution is 2.36. The standard InChI is InChI=1S/C11H13N3O/c15-10-5-8-1-2-9(6-10)14(8)11-7-12-3-4-13-11/h3-4,7-9H,1-2,5-6H2. The molecule has 4 nitrogen and oxygen atoms in total. The van der Waals surface area contributed by atoms with Gasteiger partial charge in [-0.2, -0.15) is 0 Å². The van der Waals surface area contributed by atoms with Gasteiger partial charge in [-0.1, -0.05) is 0 Å². The zero-order valence-corrected chi connectivity index (χ0v) is 8.47. The fourth-order valence-electron chi connectivity index (χ4n) is 2.77. The molecule has 0 spiro atoms. The number of aromatic nitrogens is 2. The Morgan fingerprint density at radius 1 is 1.20 bits per heavy atom. The lowest BCUT2D eigenvalue weighted by molar-refractivity contribution is -0.120. The number of nitrogens with zero attached hydrogens (tertiary/aromatic N) is 3. The molecule has 3 rings (SSSR count). The molecule has 0 radical (unpaired) electrons. The van der Waals surface area contributed by atoms with Crippen LogP contribution in [0, 0.1) is 0 Å². The van der Waals surface area contributed by atoms with Crippen LogP contribution in [-0.2, 0) is 4.79 Å². The molecule has 2 fully saturated rings. The molecule has 2 aliphatic heterocycles. The molecule has 1 aromatic rings. The van der Waals surface area contributed by atoms with E-state index in [9.17, 15) is 4.79 Å². The largest absolute Gasteiger partial charge is 0.348 e. The molecule has 4 heteroatoms. The van der Waals surface area contributed by atoms with Crippen molar-refractivity contribution >= 4 is 11.6 Å². The molecule has 2 saturated heterocycles. The molecule has 15 heavy (non-hydrogen) atoms. The van der Waals surface area contributed by atoms with Crippen LogP contribution < -0.4 is 4.90 Å². The van der Waals surface area contributed by atoms with Gasteiger partial charge >= 0.3 is 0 Å². The zero-order valence-electron chi connectivity index (χ0n) is 8.47. The molecule has 1 aromatic heterocycles. The Kier molecular flexibility index (Phi) is 1.94. The maximum absolute atomic E-state index is 11.4. The normalized spacial score (nSPS) is 29.6. The Bertz CT molecular complexity index is 363. The summed E-state index contributed by atoms with van der Waals surface area (Å²) in [6.07, 6.45) is 8.80. The molecule has 2 atom stereocenters. The van der Waals surface area contributed by atoms with E-state index in [-0.39, 0.29) is 0 Å². The highest BCUT2D eigenvalue weighted by atomic mass is 16.1. The summed E-state index contributed by atoms with van der Waals surface area (Å²) in [5.41, 5.74) is 0. The van der Waals surface area contributed by atoms with Gasteiger partial charge in [0.25, 0.3) is 0 Å². The molecule has 3 heterocycles. The Labute approximate surface area is 88.3 Å². The predicted molar refractivity (Wildman–Crippen MR) is 55.6 cm³/mol. The lowest BCUT2D eigenvalue weighted by atomic mass is 10.0. The van der Waals surface area contributed by atoms with E-state index in [1.165, 1.54) is 0 Å². The summed E-state index contributed by atoms with van der Waals surface area (Å²) in [5.74, 6) is 1.33. The fourth-order valence-corrected chi connectivity index (χ4v) is 2.77. The van der Waals surface area contributed by atoms with E-state index in [2.05, 4.69) is 14.9 Å². The van der Waals surface area contributed by atoms with Crippen LogP contribution in [0.5, 0.6) is 0 Å². The monoisotopic (exact) mass is 203 g/mol. The molecule has 2 aliphatic rings. The Morgan fingerprint density at radius 2 is 1.93 bits per heavy atom. The minimum absolute atomic E-state index is 0.368. The first kappa shape index (κ1) is 8.83. The number of fused-ring (bicyclic) bond motifs is 2. The summed E-state index contributed by atoms with van der Waals surface area (Å²) in [4.78, 5) is 22.1. The summed E-state index contributed by atoms with van der Waals surface area (Å²) >= 11 is 0. The summed E-state index contributed by atoms with van der Waals surface area (Å²) in [6.45, 7) is 0. The summed E-state index contributed by atoms with van der Waals surface area (Å²) < 4.78 is 0. The van der Waals surface area contributed by atoms with E-state index in [0.717, 1.165) is 18.7 Å². The molecule has 0 amide bonds. The average Bonchev–Trinajstić information content (AvgIpc) is 2.53. The number of piperidine rings is 1. The van der Waals surface area contributed by atoms with Gasteiger partial charge in [0.2, 0.25) is 0 Å². The van der Waals surface area contributed by atoms with E-state index in [1.807, 2.05) is 0 Å². The van der Waals surface area contributed by atoms with Crippen molar-refractivity contribution < 1.29 is 4.79 Å². The van der Waals surface area contributed by atoms with Crippen LogP contribution in [0.3, 0.4) is 0 Å². The first-order valence-corrected chi connectivity index (χ1v) is 5.40. The van der Waals surface area contributed by atoms with Gasteiger partial charge in [-0.15, -0.1) is 0 Å². The maximum Gasteiger partial charge on any atom is 0.147 e. The lowest BCUT2D eigenvalue weighted by Crippen LogP contribution is -2.43. The third kappa shape index (κ3) is 1.40. The molecule has 0 N–H and O–H groups in total. The number of rotatable bonds is 1. The molecule has 0 aromatic carbocycles. The van der Waals surface area contributed by atoms with Gasteiger partial charge in [0, 0.05) is 37.3 Å². The molecule has 78 valence electrons. The Balaban J connectivity index is 1.92. The summed E-state index contributed by atoms with van der Waals surface area (Å²) in [6, 6.07) is 0.737. The number of hydrogen-bond acceptors (Lipinski definition) is 4. The molecule has 0 saturated carbocycles. The van der Waals surface area contributed by atoms with Crippen LogP contribution in [0.15, 0.2) is 18.6 Å². The van der Waals surface area contributed by atoms with E-state index < -0.39 is 0 Å². The Hall–Kier alpha value is -1.45. The summed E-state index contributed by atoms with van der Waals surface area (Å²) in [7, 11) is 0. The van der Waals surface area contributed by atoms with E-state index in [0.29, 0.717) is 30.7 Å². The van der Waals surface area contributed by atoms with Crippen LogP contribution in [0.25, 0.3) is 0 Å². The van der Waals surface area contributed by atoms with Gasteiger partial charge in [-0.25, -0.2) is 4.98 Å². The number of anilines is 1. The van der Waals surface area contributed by atoms with Crippen LogP contribution in [0.4, 0.5) is 5.82 Å². The third-order valence-corrected chi connectivity index (χ3v) is 3.36. The van der Waals surface area contributed by atoms with Gasteiger partial charge in [0.1, 0.15) is 11.6 Å². The van der Waals surface area contributed by atoms with Crippen molar-refractivity contribution in [1.29, 1.82) is 0 Å². The van der Waals surface area contributed by atoms with Crippen molar-refractivity contribution in [2.24, 2.45) is 0 Å². The molecular weight excluding hydrogens is 190 g/mol.